The molecule has 4 rings (SSSR count). The zero-order valence-corrected chi connectivity index (χ0v) is 30.8. The number of methoxy groups -OCH3 is 3. The van der Waals surface area contributed by atoms with E-state index < -0.39 is 18.2 Å². The molecular formula is C38H53N7O6. The quantitative estimate of drug-likeness (QED) is 0.0813. The number of nitrogens with one attached hydrogen (secondary N) is 5. The maximum Gasteiger partial charge on any atom is 0.407 e. The number of aromatic nitrogens is 4. The number of carbonyl (C=O) groups excluding carboxylic acids is 3. The van der Waals surface area contributed by atoms with Crippen LogP contribution in [0.15, 0.2) is 60.9 Å². The number of ether oxygens (including phenoxy) is 3. The molecule has 2 atom stereocenters. The van der Waals surface area contributed by atoms with Gasteiger partial charge in [0.05, 0.1) is 43.5 Å². The highest BCUT2D eigenvalue weighted by atomic mass is 16.5. The zero-order valence-electron chi connectivity index (χ0n) is 30.8. The number of alkyl carbamates (subject to hydrolysis) is 1. The van der Waals surface area contributed by atoms with Crippen molar-refractivity contribution in [2.45, 2.75) is 72.0 Å². The molecule has 0 spiro atoms. The molecule has 0 aliphatic rings. The smallest absolute Gasteiger partial charge is 0.407 e. The molecule has 2 heterocycles. The van der Waals surface area contributed by atoms with Crippen LogP contribution in [0.3, 0.4) is 0 Å². The van der Waals surface area contributed by atoms with Crippen molar-refractivity contribution in [3.05, 3.63) is 72.6 Å². The third kappa shape index (κ3) is 12.7. The number of nitrogens with zero attached hydrogens (tertiary/aromatic N) is 2. The van der Waals surface area contributed by atoms with Crippen molar-refractivity contribution in [2.24, 2.45) is 5.92 Å². The monoisotopic (exact) mass is 703 g/mol. The number of benzene rings is 2. The fraction of sp³-hybridized carbons (Fsp3) is 0.447. The van der Waals surface area contributed by atoms with Gasteiger partial charge in [0.2, 0.25) is 11.8 Å². The van der Waals surface area contributed by atoms with Crippen molar-refractivity contribution in [2.75, 3.05) is 34.5 Å². The van der Waals surface area contributed by atoms with Crippen LogP contribution in [0.5, 0.6) is 0 Å². The minimum absolute atomic E-state index is 0.0185. The van der Waals surface area contributed by atoms with Crippen molar-refractivity contribution in [3.8, 4) is 33.6 Å². The van der Waals surface area contributed by atoms with Gasteiger partial charge in [-0.3, -0.25) is 9.59 Å². The van der Waals surface area contributed by atoms with Gasteiger partial charge in [0.25, 0.3) is 0 Å². The lowest BCUT2D eigenvalue weighted by atomic mass is 10.0. The Kier molecular flexibility index (Phi) is 16.9. The fourth-order valence-corrected chi connectivity index (χ4v) is 5.08. The van der Waals surface area contributed by atoms with Gasteiger partial charge >= 0.3 is 6.09 Å². The van der Waals surface area contributed by atoms with Crippen molar-refractivity contribution in [1.29, 1.82) is 0 Å². The van der Waals surface area contributed by atoms with E-state index in [1.54, 1.807) is 19.5 Å². The van der Waals surface area contributed by atoms with E-state index in [0.29, 0.717) is 50.7 Å². The molecule has 0 saturated carbocycles. The zero-order chi connectivity index (χ0) is 37.2. The van der Waals surface area contributed by atoms with Gasteiger partial charge in [0.15, 0.2) is 0 Å². The van der Waals surface area contributed by atoms with Gasteiger partial charge in [-0.15, -0.1) is 0 Å². The van der Waals surface area contributed by atoms with E-state index in [-0.39, 0.29) is 17.7 Å². The van der Waals surface area contributed by atoms with Gasteiger partial charge in [0, 0.05) is 40.3 Å². The topological polar surface area (TPSA) is 172 Å². The second-order valence-electron chi connectivity index (χ2n) is 12.4. The third-order valence-corrected chi connectivity index (χ3v) is 7.82. The summed E-state index contributed by atoms with van der Waals surface area (Å²) < 4.78 is 14.8. The van der Waals surface area contributed by atoms with Crippen LogP contribution in [0.2, 0.25) is 0 Å². The molecule has 0 bridgehead atoms. The molecule has 2 aromatic carbocycles. The van der Waals surface area contributed by atoms with E-state index in [2.05, 4.69) is 78.7 Å². The first-order valence-electron chi connectivity index (χ1n) is 17.3. The lowest BCUT2D eigenvalue weighted by Gasteiger charge is -2.24. The number of imidazole rings is 2. The molecular weight excluding hydrogens is 650 g/mol. The summed E-state index contributed by atoms with van der Waals surface area (Å²) in [6.07, 6.45) is 5.47. The maximum atomic E-state index is 13.1. The molecule has 2 aromatic heterocycles. The number of H-pyrrole nitrogens is 2. The summed E-state index contributed by atoms with van der Waals surface area (Å²) in [5.41, 5.74) is 5.74. The molecule has 276 valence electrons. The summed E-state index contributed by atoms with van der Waals surface area (Å²) in [6, 6.07) is 15.1. The van der Waals surface area contributed by atoms with E-state index in [1.165, 1.54) is 20.6 Å². The van der Waals surface area contributed by atoms with E-state index in [0.717, 1.165) is 33.6 Å². The highest BCUT2D eigenvalue weighted by molar-refractivity contribution is 5.86. The van der Waals surface area contributed by atoms with Crippen LogP contribution in [0.25, 0.3) is 33.6 Å². The van der Waals surface area contributed by atoms with Crippen molar-refractivity contribution >= 4 is 17.9 Å². The van der Waals surface area contributed by atoms with Crippen molar-refractivity contribution in [1.82, 2.24) is 35.9 Å². The Morgan fingerprint density at radius 2 is 1.31 bits per heavy atom. The lowest BCUT2D eigenvalue weighted by Crippen LogP contribution is -2.49. The van der Waals surface area contributed by atoms with Gasteiger partial charge in [0.1, 0.15) is 17.7 Å². The molecule has 13 heteroatoms. The van der Waals surface area contributed by atoms with E-state index in [1.807, 2.05) is 38.1 Å². The van der Waals surface area contributed by atoms with E-state index in [9.17, 15) is 14.4 Å². The molecule has 51 heavy (non-hydrogen) atoms. The standard InChI is InChI=1S/C35H45N7O6.C3H8/c1-22(2)32(42-34(44)27(16-18-47-4)41-35(45)48-5)33-38-20-29(40-33)26-14-10-24(11-15-26)23-8-12-25(13-9-23)28-19-36-30(39-28)21-37-31(43)7-6-17-46-3;1-3-2/h8-15,19-20,22,27,32H,6-7,16-18,21H2,1-5H3,(H,36,39)(H,37,43)(H,38,40)(H,41,45)(H,42,44);3H2,1-2H3. The Bertz CT molecular complexity index is 1630. The highest BCUT2D eigenvalue weighted by Crippen LogP contribution is 2.28. The van der Waals surface area contributed by atoms with Crippen LogP contribution >= 0.6 is 0 Å². The number of carbonyl (C=O) groups is 3. The van der Waals surface area contributed by atoms with Crippen LogP contribution in [-0.2, 0) is 30.3 Å². The average molecular weight is 704 g/mol. The maximum absolute atomic E-state index is 13.1. The second-order valence-corrected chi connectivity index (χ2v) is 12.4. The van der Waals surface area contributed by atoms with Gasteiger partial charge in [-0.2, -0.15) is 0 Å². The number of hydrogen-bond acceptors (Lipinski definition) is 8. The average Bonchev–Trinajstić information content (AvgIpc) is 3.82. The van der Waals surface area contributed by atoms with Gasteiger partial charge < -0.3 is 40.1 Å². The van der Waals surface area contributed by atoms with Crippen LogP contribution in [0.1, 0.15) is 71.1 Å². The first-order chi connectivity index (χ1) is 24.6. The Labute approximate surface area is 300 Å². The number of rotatable bonds is 17. The third-order valence-electron chi connectivity index (χ3n) is 7.82. The Balaban J connectivity index is 0.00000226. The second kappa shape index (κ2) is 21.3. The Hall–Kier alpha value is -5.01. The summed E-state index contributed by atoms with van der Waals surface area (Å²) in [7, 11) is 4.41. The van der Waals surface area contributed by atoms with Gasteiger partial charge in [-0.05, 0) is 34.6 Å². The van der Waals surface area contributed by atoms with Crippen LogP contribution in [0.4, 0.5) is 4.79 Å². The molecule has 2 unspecified atom stereocenters. The molecule has 5 N–H and O–H groups in total. The lowest BCUT2D eigenvalue weighted by molar-refractivity contribution is -0.124. The molecule has 0 aliphatic heterocycles. The predicted octanol–water partition coefficient (Wildman–Crippen LogP) is 6.17. The predicted molar refractivity (Wildman–Crippen MR) is 198 cm³/mol. The number of amides is 3. The van der Waals surface area contributed by atoms with E-state index >= 15 is 0 Å². The highest BCUT2D eigenvalue weighted by Gasteiger charge is 2.27. The minimum Gasteiger partial charge on any atom is -0.453 e. The molecule has 3 amide bonds. The molecule has 0 saturated heterocycles. The fourth-order valence-electron chi connectivity index (χ4n) is 5.08. The summed E-state index contributed by atoms with van der Waals surface area (Å²) in [5.74, 6) is 0.939. The largest absolute Gasteiger partial charge is 0.453 e. The summed E-state index contributed by atoms with van der Waals surface area (Å²) in [4.78, 5) is 52.5. The summed E-state index contributed by atoms with van der Waals surface area (Å²) >= 11 is 0. The van der Waals surface area contributed by atoms with Crippen LogP contribution in [0, 0.1) is 5.92 Å². The molecule has 4 aromatic rings. The molecule has 0 radical (unpaired) electrons. The summed E-state index contributed by atoms with van der Waals surface area (Å²) in [5, 5.41) is 8.46. The van der Waals surface area contributed by atoms with E-state index in [4.69, 9.17) is 9.47 Å². The Morgan fingerprint density at radius 3 is 1.86 bits per heavy atom. The SMILES string of the molecule is CCC.COCCCC(=O)NCc1ncc(-c2ccc(-c3ccc(-c4cnc(C(NC(=O)C(CCOC)NC(=O)OC)C(C)C)[nH]4)cc3)cc2)[nH]1. The van der Waals surface area contributed by atoms with Crippen LogP contribution < -0.4 is 16.0 Å². The molecule has 0 aliphatic carbocycles. The summed E-state index contributed by atoms with van der Waals surface area (Å²) in [6.45, 7) is 9.42. The first kappa shape index (κ1) is 40.4. The number of aromatic amines is 2. The van der Waals surface area contributed by atoms with Gasteiger partial charge in [-0.25, -0.2) is 14.8 Å². The van der Waals surface area contributed by atoms with Crippen LogP contribution in [-0.4, -0.2) is 78.4 Å². The minimum atomic E-state index is -0.817. The molecule has 0 fully saturated rings. The Morgan fingerprint density at radius 1 is 0.765 bits per heavy atom. The normalized spacial score (nSPS) is 12.0. The van der Waals surface area contributed by atoms with Crippen molar-refractivity contribution < 1.29 is 28.6 Å². The van der Waals surface area contributed by atoms with Crippen molar-refractivity contribution in [3.63, 3.8) is 0 Å². The van der Waals surface area contributed by atoms with Gasteiger partial charge in [-0.1, -0.05) is 82.6 Å². The molecule has 13 nitrogen and oxygen atoms in total. The number of hydrogen-bond donors (Lipinski definition) is 5. The first-order valence-corrected chi connectivity index (χ1v) is 17.3.